The first kappa shape index (κ1) is 30.6. The molecule has 0 aliphatic carbocycles. The minimum absolute atomic E-state index is 0.0685. The molecular formula is C29H53N3O2. The Morgan fingerprint density at radius 3 is 1.85 bits per heavy atom. The predicted octanol–water partition coefficient (Wildman–Crippen LogP) is 6.38. The van der Waals surface area contributed by atoms with Crippen molar-refractivity contribution in [1.29, 1.82) is 0 Å². The summed E-state index contributed by atoms with van der Waals surface area (Å²) in [6.07, 6.45) is 33.0. The molecule has 34 heavy (non-hydrogen) atoms. The number of hydrogen-bond donors (Lipinski definition) is 1. The number of carbonyl (C=O) groups is 1. The second kappa shape index (κ2) is 20.9. The number of aliphatic imine (C=N–C) groups is 1. The minimum atomic E-state index is -1.05. The van der Waals surface area contributed by atoms with Gasteiger partial charge >= 0.3 is 0 Å². The van der Waals surface area contributed by atoms with Gasteiger partial charge in [0.15, 0.2) is 0 Å². The third kappa shape index (κ3) is 14.7. The maximum Gasteiger partial charge on any atom is 0.207 e. The van der Waals surface area contributed by atoms with E-state index < -0.39 is 5.97 Å². The lowest BCUT2D eigenvalue weighted by molar-refractivity contribution is -0.780. The van der Waals surface area contributed by atoms with Crippen LogP contribution in [0.4, 0.5) is 0 Å². The third-order valence-corrected chi connectivity index (χ3v) is 6.94. The van der Waals surface area contributed by atoms with Gasteiger partial charge in [0.1, 0.15) is 19.3 Å². The SMILES string of the molecule is CCCCCCCCCC/C=C/CCCCCCCCCCC1=NC=C[N+]1(CCN)CC(=O)[O-]. The molecule has 1 rings (SSSR count). The molecule has 5 nitrogen and oxygen atoms in total. The Bertz CT molecular complexity index is 600. The van der Waals surface area contributed by atoms with Crippen LogP contribution in [0.3, 0.4) is 0 Å². The number of nitrogens with zero attached hydrogens (tertiary/aromatic N) is 2. The molecule has 1 aliphatic heterocycles. The summed E-state index contributed by atoms with van der Waals surface area (Å²) in [5.41, 5.74) is 5.72. The quantitative estimate of drug-likeness (QED) is 0.0999. The minimum Gasteiger partial charge on any atom is -0.544 e. The standard InChI is InChI=1S/C29H53N3O2/c1-2-3-4-5-6-7-8-9-10-11-12-13-14-15-16-17-18-19-20-21-22-28-31-24-26-32(28,25-23-30)27-29(33)34/h11-12,24,26H,2-10,13-23,25,27,30H2,1H3/b12-11+. The highest BCUT2D eigenvalue weighted by atomic mass is 16.4. The van der Waals surface area contributed by atoms with Crippen molar-refractivity contribution in [3.05, 3.63) is 24.6 Å². The van der Waals surface area contributed by atoms with Crippen molar-refractivity contribution in [2.24, 2.45) is 10.7 Å². The van der Waals surface area contributed by atoms with Gasteiger partial charge in [-0.25, -0.2) is 9.48 Å². The van der Waals surface area contributed by atoms with Crippen LogP contribution in [-0.2, 0) is 4.79 Å². The fraction of sp³-hybridized carbons (Fsp3) is 0.793. The van der Waals surface area contributed by atoms with E-state index in [0.717, 1.165) is 18.7 Å². The van der Waals surface area contributed by atoms with Crippen LogP contribution in [0.25, 0.3) is 0 Å². The van der Waals surface area contributed by atoms with Gasteiger partial charge in [0, 0.05) is 13.0 Å². The molecule has 5 heteroatoms. The van der Waals surface area contributed by atoms with Gasteiger partial charge in [-0.1, -0.05) is 103 Å². The zero-order valence-corrected chi connectivity index (χ0v) is 22.2. The molecule has 0 saturated carbocycles. The van der Waals surface area contributed by atoms with E-state index >= 15 is 0 Å². The van der Waals surface area contributed by atoms with Crippen molar-refractivity contribution in [2.45, 2.75) is 129 Å². The van der Waals surface area contributed by atoms with Gasteiger partial charge in [-0.2, -0.15) is 0 Å². The van der Waals surface area contributed by atoms with Crippen molar-refractivity contribution in [1.82, 2.24) is 0 Å². The highest BCUT2D eigenvalue weighted by molar-refractivity contribution is 5.80. The van der Waals surface area contributed by atoms with Gasteiger partial charge in [-0.05, 0) is 32.1 Å². The summed E-state index contributed by atoms with van der Waals surface area (Å²) in [5.74, 6) is -0.128. The maximum absolute atomic E-state index is 11.2. The number of carboxylic acids is 1. The third-order valence-electron chi connectivity index (χ3n) is 6.94. The van der Waals surface area contributed by atoms with E-state index in [4.69, 9.17) is 5.73 Å². The molecule has 0 bridgehead atoms. The lowest BCUT2D eigenvalue weighted by Crippen LogP contribution is -2.55. The molecule has 0 saturated heterocycles. The van der Waals surface area contributed by atoms with E-state index in [1.165, 1.54) is 109 Å². The van der Waals surface area contributed by atoms with Crippen molar-refractivity contribution < 1.29 is 14.4 Å². The van der Waals surface area contributed by atoms with E-state index in [0.29, 0.717) is 13.1 Å². The number of carbonyl (C=O) groups excluding carboxylic acids is 1. The number of amidine groups is 1. The summed E-state index contributed by atoms with van der Waals surface area (Å²) in [7, 11) is 0. The van der Waals surface area contributed by atoms with E-state index in [1.807, 2.05) is 6.20 Å². The van der Waals surface area contributed by atoms with Crippen molar-refractivity contribution >= 4 is 11.8 Å². The molecule has 196 valence electrons. The normalized spacial score (nSPS) is 17.6. The highest BCUT2D eigenvalue weighted by Gasteiger charge is 2.34. The molecule has 0 aromatic rings. The number of hydrogen-bond acceptors (Lipinski definition) is 4. The number of rotatable bonds is 24. The summed E-state index contributed by atoms with van der Waals surface area (Å²) in [4.78, 5) is 15.6. The average Bonchev–Trinajstić information content (AvgIpc) is 3.19. The zero-order valence-electron chi connectivity index (χ0n) is 22.2. The Morgan fingerprint density at radius 2 is 1.35 bits per heavy atom. The van der Waals surface area contributed by atoms with Crippen molar-refractivity contribution in [2.75, 3.05) is 19.6 Å². The molecule has 0 aromatic heterocycles. The van der Waals surface area contributed by atoms with Crippen LogP contribution >= 0.6 is 0 Å². The molecule has 0 spiro atoms. The first-order chi connectivity index (χ1) is 16.6. The van der Waals surface area contributed by atoms with Crippen molar-refractivity contribution in [3.8, 4) is 0 Å². The number of quaternary nitrogens is 1. The summed E-state index contributed by atoms with van der Waals surface area (Å²) >= 11 is 0. The number of nitrogens with two attached hydrogens (primary N) is 1. The van der Waals surface area contributed by atoms with Crippen LogP contribution in [-0.4, -0.2) is 35.9 Å². The van der Waals surface area contributed by atoms with E-state index in [2.05, 4.69) is 24.1 Å². The van der Waals surface area contributed by atoms with E-state index in [1.54, 1.807) is 6.20 Å². The average molecular weight is 476 g/mol. The fourth-order valence-electron chi connectivity index (χ4n) is 4.86. The van der Waals surface area contributed by atoms with Crippen LogP contribution in [0, 0.1) is 0 Å². The van der Waals surface area contributed by atoms with Crippen molar-refractivity contribution in [3.63, 3.8) is 0 Å². The van der Waals surface area contributed by atoms with Gasteiger partial charge < -0.3 is 15.6 Å². The van der Waals surface area contributed by atoms with Gasteiger partial charge in [0.25, 0.3) is 0 Å². The van der Waals surface area contributed by atoms with Crippen LogP contribution in [0.15, 0.2) is 29.5 Å². The van der Waals surface area contributed by atoms with E-state index in [-0.39, 0.29) is 11.0 Å². The highest BCUT2D eigenvalue weighted by Crippen LogP contribution is 2.21. The monoisotopic (exact) mass is 475 g/mol. The molecule has 0 fully saturated rings. The molecule has 2 N–H and O–H groups in total. The smallest absolute Gasteiger partial charge is 0.207 e. The fourth-order valence-corrected chi connectivity index (χ4v) is 4.86. The first-order valence-electron chi connectivity index (χ1n) is 14.3. The first-order valence-corrected chi connectivity index (χ1v) is 14.3. The Hall–Kier alpha value is -1.46. The molecular weight excluding hydrogens is 422 g/mol. The largest absolute Gasteiger partial charge is 0.544 e. The van der Waals surface area contributed by atoms with Gasteiger partial charge in [0.05, 0.1) is 12.2 Å². The Labute approximate surface area is 210 Å². The molecule has 0 amide bonds. The predicted molar refractivity (Wildman–Crippen MR) is 143 cm³/mol. The molecule has 1 unspecified atom stereocenters. The second-order valence-electron chi connectivity index (χ2n) is 10.0. The summed E-state index contributed by atoms with van der Waals surface area (Å²) in [6.45, 7) is 3.21. The summed E-state index contributed by atoms with van der Waals surface area (Å²) < 4.78 is 0.242. The Morgan fingerprint density at radius 1 is 0.853 bits per heavy atom. The topological polar surface area (TPSA) is 78.5 Å². The molecule has 0 aromatic carbocycles. The number of carboxylic acid groups (broad SMARTS) is 1. The van der Waals surface area contributed by atoms with Crippen LogP contribution in [0.2, 0.25) is 0 Å². The lowest BCUT2D eigenvalue weighted by Gasteiger charge is -2.32. The summed E-state index contributed by atoms with van der Waals surface area (Å²) in [6, 6.07) is 0. The molecule has 1 heterocycles. The molecule has 1 atom stereocenters. The van der Waals surface area contributed by atoms with Gasteiger partial charge in [-0.3, -0.25) is 0 Å². The Kier molecular flexibility index (Phi) is 18.8. The number of aliphatic carboxylic acids is 1. The molecule has 0 radical (unpaired) electrons. The van der Waals surface area contributed by atoms with Gasteiger partial charge in [-0.15, -0.1) is 0 Å². The zero-order chi connectivity index (χ0) is 24.7. The van der Waals surface area contributed by atoms with Crippen LogP contribution in [0.1, 0.15) is 129 Å². The lowest BCUT2D eigenvalue weighted by atomic mass is 10.1. The Balaban J connectivity index is 1.91. The second-order valence-corrected chi connectivity index (χ2v) is 10.0. The van der Waals surface area contributed by atoms with Crippen LogP contribution < -0.4 is 10.8 Å². The number of allylic oxidation sites excluding steroid dienone is 2. The van der Waals surface area contributed by atoms with Gasteiger partial charge in [0.2, 0.25) is 5.84 Å². The maximum atomic E-state index is 11.2. The van der Waals surface area contributed by atoms with E-state index in [9.17, 15) is 9.90 Å². The summed E-state index contributed by atoms with van der Waals surface area (Å²) in [5, 5.41) is 11.2. The van der Waals surface area contributed by atoms with Crippen LogP contribution in [0.5, 0.6) is 0 Å². The molecule has 1 aliphatic rings. The number of unbranched alkanes of at least 4 members (excludes halogenated alkanes) is 16.